The second kappa shape index (κ2) is 10.8. The van der Waals surface area contributed by atoms with Gasteiger partial charge in [0.25, 0.3) is 0 Å². The van der Waals surface area contributed by atoms with E-state index in [-0.39, 0.29) is 0 Å². The zero-order valence-electron chi connectivity index (χ0n) is 16.8. The molecule has 1 heterocycles. The van der Waals surface area contributed by atoms with Gasteiger partial charge in [0, 0.05) is 25.5 Å². The third-order valence-electron chi connectivity index (χ3n) is 5.40. The Bertz CT molecular complexity index is 665. The first-order valence-corrected chi connectivity index (χ1v) is 10.7. The van der Waals surface area contributed by atoms with Crippen LogP contribution in [-0.4, -0.2) is 16.3 Å². The first-order valence-electron chi connectivity index (χ1n) is 10.7. The molecule has 144 valence electrons. The number of benzene rings is 2. The molecule has 0 saturated carbocycles. The van der Waals surface area contributed by atoms with Gasteiger partial charge in [0.15, 0.2) is 0 Å². The van der Waals surface area contributed by atoms with E-state index in [1.165, 1.54) is 56.1 Å². The molecule has 2 aromatic carbocycles. The van der Waals surface area contributed by atoms with Gasteiger partial charge in [-0.05, 0) is 17.5 Å². The maximum absolute atomic E-state index is 2.52. The summed E-state index contributed by atoms with van der Waals surface area (Å²) in [5.74, 6) is 0. The summed E-state index contributed by atoms with van der Waals surface area (Å²) in [5, 5.41) is 0. The largest absolute Gasteiger partial charge is 0.352 e. The Morgan fingerprint density at radius 1 is 0.667 bits per heavy atom. The molecule has 1 atom stereocenters. The minimum atomic E-state index is 0.312. The maximum atomic E-state index is 2.52. The van der Waals surface area contributed by atoms with Crippen molar-refractivity contribution in [3.63, 3.8) is 0 Å². The van der Waals surface area contributed by atoms with Crippen LogP contribution in [0.1, 0.15) is 69.2 Å². The van der Waals surface area contributed by atoms with Gasteiger partial charge in [-0.15, -0.1) is 0 Å². The molecule has 0 spiro atoms. The predicted molar refractivity (Wildman–Crippen MR) is 115 cm³/mol. The fraction of sp³-hybridized carbons (Fsp3) is 0.440. The van der Waals surface area contributed by atoms with Crippen LogP contribution in [0.25, 0.3) is 0 Å². The van der Waals surface area contributed by atoms with Gasteiger partial charge < -0.3 is 9.80 Å². The molecule has 1 aliphatic heterocycles. The van der Waals surface area contributed by atoms with Crippen LogP contribution in [0.3, 0.4) is 0 Å². The average Bonchev–Trinajstić information content (AvgIpc) is 3.11. The fourth-order valence-corrected chi connectivity index (χ4v) is 3.91. The Balaban J connectivity index is 1.57. The highest BCUT2D eigenvalue weighted by atomic mass is 15.4. The maximum Gasteiger partial charge on any atom is 0.127 e. The van der Waals surface area contributed by atoms with E-state index in [2.05, 4.69) is 89.8 Å². The number of rotatable bonds is 11. The Hall–Kier alpha value is -2.22. The molecule has 27 heavy (non-hydrogen) atoms. The van der Waals surface area contributed by atoms with Gasteiger partial charge in [-0.1, -0.05) is 106 Å². The molecule has 2 heteroatoms. The number of nitrogens with zero attached hydrogens (tertiary/aromatic N) is 2. The standard InChI is InChI=1S/C25H34N2/c1-2-3-4-5-6-7-14-19-26-20-21-27(22-23-15-10-8-11-16-23)25(26)24-17-12-9-13-18-24/h8-13,15-18,20-21,25H,2-7,14,19,22H2,1H3. The van der Waals surface area contributed by atoms with Gasteiger partial charge in [-0.25, -0.2) is 0 Å². The minimum absolute atomic E-state index is 0.312. The van der Waals surface area contributed by atoms with E-state index < -0.39 is 0 Å². The van der Waals surface area contributed by atoms with Crippen molar-refractivity contribution in [2.45, 2.75) is 64.6 Å². The van der Waals surface area contributed by atoms with Gasteiger partial charge in [-0.2, -0.15) is 0 Å². The average molecular weight is 363 g/mol. The molecule has 0 bridgehead atoms. The molecule has 1 aliphatic rings. The van der Waals surface area contributed by atoms with Gasteiger partial charge >= 0.3 is 0 Å². The highest BCUT2D eigenvalue weighted by Crippen LogP contribution is 2.32. The lowest BCUT2D eigenvalue weighted by molar-refractivity contribution is 0.146. The molecule has 1 unspecified atom stereocenters. The van der Waals surface area contributed by atoms with Crippen molar-refractivity contribution >= 4 is 0 Å². The highest BCUT2D eigenvalue weighted by molar-refractivity contribution is 5.23. The molecule has 0 amide bonds. The van der Waals surface area contributed by atoms with Crippen LogP contribution >= 0.6 is 0 Å². The van der Waals surface area contributed by atoms with Crippen LogP contribution < -0.4 is 0 Å². The van der Waals surface area contributed by atoms with Crippen molar-refractivity contribution in [1.29, 1.82) is 0 Å². The quantitative estimate of drug-likeness (QED) is 0.409. The molecule has 0 N–H and O–H groups in total. The molecule has 0 aromatic heterocycles. The summed E-state index contributed by atoms with van der Waals surface area (Å²) in [6, 6.07) is 21.7. The number of hydrogen-bond acceptors (Lipinski definition) is 2. The summed E-state index contributed by atoms with van der Waals surface area (Å²) in [6.07, 6.45) is 14.4. The van der Waals surface area contributed by atoms with E-state index in [9.17, 15) is 0 Å². The van der Waals surface area contributed by atoms with Gasteiger partial charge in [-0.3, -0.25) is 0 Å². The molecule has 0 fully saturated rings. The third kappa shape index (κ3) is 5.89. The Morgan fingerprint density at radius 3 is 1.96 bits per heavy atom. The first-order chi connectivity index (χ1) is 13.4. The Labute approximate surface area is 165 Å². The molecule has 2 nitrogen and oxygen atoms in total. The molecule has 0 aliphatic carbocycles. The first kappa shape index (κ1) is 19.5. The minimum Gasteiger partial charge on any atom is -0.352 e. The van der Waals surface area contributed by atoms with Crippen LogP contribution in [-0.2, 0) is 6.54 Å². The summed E-state index contributed by atoms with van der Waals surface area (Å²) in [4.78, 5) is 4.98. The summed E-state index contributed by atoms with van der Waals surface area (Å²) in [6.45, 7) is 4.37. The molecule has 3 rings (SSSR count). The van der Waals surface area contributed by atoms with Crippen LogP contribution in [0.4, 0.5) is 0 Å². The second-order valence-electron chi connectivity index (χ2n) is 7.60. The van der Waals surface area contributed by atoms with E-state index in [4.69, 9.17) is 0 Å². The monoisotopic (exact) mass is 362 g/mol. The normalized spacial score (nSPS) is 16.3. The zero-order valence-corrected chi connectivity index (χ0v) is 16.8. The van der Waals surface area contributed by atoms with Gasteiger partial charge in [0.2, 0.25) is 0 Å². The van der Waals surface area contributed by atoms with Crippen molar-refractivity contribution in [2.75, 3.05) is 6.54 Å². The van der Waals surface area contributed by atoms with Crippen LogP contribution in [0.5, 0.6) is 0 Å². The molecular weight excluding hydrogens is 328 g/mol. The van der Waals surface area contributed by atoms with Crippen molar-refractivity contribution in [1.82, 2.24) is 9.80 Å². The van der Waals surface area contributed by atoms with Crippen LogP contribution in [0, 0.1) is 0 Å². The molecular formula is C25H34N2. The van der Waals surface area contributed by atoms with E-state index in [1.54, 1.807) is 0 Å². The van der Waals surface area contributed by atoms with Gasteiger partial charge in [0.1, 0.15) is 6.17 Å². The summed E-state index contributed by atoms with van der Waals surface area (Å²) >= 11 is 0. The predicted octanol–water partition coefficient (Wildman–Crippen LogP) is 6.72. The lowest BCUT2D eigenvalue weighted by atomic mass is 10.1. The zero-order chi connectivity index (χ0) is 18.7. The van der Waals surface area contributed by atoms with E-state index in [0.717, 1.165) is 13.1 Å². The second-order valence-corrected chi connectivity index (χ2v) is 7.60. The van der Waals surface area contributed by atoms with E-state index in [1.807, 2.05) is 0 Å². The third-order valence-corrected chi connectivity index (χ3v) is 5.40. The van der Waals surface area contributed by atoms with E-state index >= 15 is 0 Å². The van der Waals surface area contributed by atoms with Crippen molar-refractivity contribution in [3.8, 4) is 0 Å². The van der Waals surface area contributed by atoms with Crippen LogP contribution in [0.15, 0.2) is 73.1 Å². The fourth-order valence-electron chi connectivity index (χ4n) is 3.91. The highest BCUT2D eigenvalue weighted by Gasteiger charge is 2.27. The van der Waals surface area contributed by atoms with Crippen molar-refractivity contribution < 1.29 is 0 Å². The molecule has 2 aromatic rings. The lowest BCUT2D eigenvalue weighted by Gasteiger charge is -2.33. The Kier molecular flexibility index (Phi) is 7.83. The summed E-state index contributed by atoms with van der Waals surface area (Å²) < 4.78 is 0. The summed E-state index contributed by atoms with van der Waals surface area (Å²) in [7, 11) is 0. The lowest BCUT2D eigenvalue weighted by Crippen LogP contribution is -2.31. The summed E-state index contributed by atoms with van der Waals surface area (Å²) in [5.41, 5.74) is 2.74. The molecule has 0 radical (unpaired) electrons. The number of unbranched alkanes of at least 4 members (excludes halogenated alkanes) is 6. The van der Waals surface area contributed by atoms with Crippen molar-refractivity contribution in [2.24, 2.45) is 0 Å². The Morgan fingerprint density at radius 2 is 1.26 bits per heavy atom. The van der Waals surface area contributed by atoms with Gasteiger partial charge in [0.05, 0.1) is 0 Å². The van der Waals surface area contributed by atoms with Crippen molar-refractivity contribution in [3.05, 3.63) is 84.2 Å². The van der Waals surface area contributed by atoms with E-state index in [0.29, 0.717) is 6.17 Å². The van der Waals surface area contributed by atoms with Crippen LogP contribution in [0.2, 0.25) is 0 Å². The topological polar surface area (TPSA) is 6.48 Å². The smallest absolute Gasteiger partial charge is 0.127 e. The molecule has 0 saturated heterocycles. The number of hydrogen-bond donors (Lipinski definition) is 0. The SMILES string of the molecule is CCCCCCCCCN1C=CN(Cc2ccccc2)C1c1ccccc1.